The number of nitrogens with zero attached hydrogens (tertiary/aromatic N) is 2. The van der Waals surface area contributed by atoms with Crippen molar-refractivity contribution < 1.29 is 0 Å². The molecule has 1 aliphatic heterocycles. The van der Waals surface area contributed by atoms with Crippen molar-refractivity contribution in [3.63, 3.8) is 0 Å². The molecule has 5 heteroatoms. The number of nitrogens with two attached hydrogens (primary N) is 1. The maximum atomic E-state index is 5.91. The Morgan fingerprint density at radius 3 is 2.50 bits per heavy atom. The van der Waals surface area contributed by atoms with Crippen molar-refractivity contribution >= 4 is 29.9 Å². The third-order valence-electron chi connectivity index (χ3n) is 4.22. The Balaban J connectivity index is 0.00000288. The highest BCUT2D eigenvalue weighted by Gasteiger charge is 2.09. The van der Waals surface area contributed by atoms with Gasteiger partial charge in [0.2, 0.25) is 0 Å². The van der Waals surface area contributed by atoms with Crippen LogP contribution in [0.25, 0.3) is 0 Å². The van der Waals surface area contributed by atoms with Gasteiger partial charge in [-0.15, -0.1) is 24.0 Å². The van der Waals surface area contributed by atoms with Crippen molar-refractivity contribution in [1.29, 1.82) is 0 Å². The van der Waals surface area contributed by atoms with Gasteiger partial charge in [-0.1, -0.05) is 51.0 Å². The number of benzene rings is 1. The lowest BCUT2D eigenvalue weighted by Gasteiger charge is -2.20. The Hall–Kier alpha value is -0.820. The summed E-state index contributed by atoms with van der Waals surface area (Å²) in [7, 11) is 0. The van der Waals surface area contributed by atoms with Crippen LogP contribution in [0.1, 0.15) is 50.7 Å². The normalized spacial score (nSPS) is 16.5. The third kappa shape index (κ3) is 8.33. The molecule has 1 saturated heterocycles. The van der Waals surface area contributed by atoms with Crippen LogP contribution in [0.5, 0.6) is 0 Å². The van der Waals surface area contributed by atoms with Crippen LogP contribution in [0.3, 0.4) is 0 Å². The molecule has 0 aromatic heterocycles. The molecular weight excluding hydrogens is 411 g/mol. The van der Waals surface area contributed by atoms with Crippen LogP contribution in [-0.4, -0.2) is 30.5 Å². The molecule has 136 valence electrons. The monoisotopic (exact) mass is 444 g/mol. The van der Waals surface area contributed by atoms with Gasteiger partial charge in [-0.25, -0.2) is 4.99 Å². The summed E-state index contributed by atoms with van der Waals surface area (Å²) >= 11 is 0. The fraction of sp³-hybridized carbons (Fsp3) is 0.632. The average molecular weight is 444 g/mol. The summed E-state index contributed by atoms with van der Waals surface area (Å²) in [4.78, 5) is 7.02. The van der Waals surface area contributed by atoms with Crippen LogP contribution in [0.4, 0.5) is 0 Å². The molecule has 24 heavy (non-hydrogen) atoms. The first kappa shape index (κ1) is 21.2. The molecule has 0 spiro atoms. The molecule has 3 N–H and O–H groups in total. The van der Waals surface area contributed by atoms with Crippen LogP contribution < -0.4 is 11.1 Å². The molecule has 0 amide bonds. The largest absolute Gasteiger partial charge is 0.370 e. The quantitative estimate of drug-likeness (QED) is 0.399. The highest BCUT2D eigenvalue weighted by Crippen LogP contribution is 2.14. The Bertz CT molecular complexity index is 494. The minimum absolute atomic E-state index is 0. The topological polar surface area (TPSA) is 53.6 Å². The molecule has 1 heterocycles. The number of halogens is 1. The van der Waals surface area contributed by atoms with Crippen molar-refractivity contribution in [2.45, 2.75) is 52.6 Å². The van der Waals surface area contributed by atoms with Crippen LogP contribution >= 0.6 is 24.0 Å². The second-order valence-corrected chi connectivity index (χ2v) is 6.99. The Morgan fingerprint density at radius 1 is 1.17 bits per heavy atom. The van der Waals surface area contributed by atoms with Crippen molar-refractivity contribution in [2.24, 2.45) is 16.6 Å². The molecule has 0 atom stereocenters. The van der Waals surface area contributed by atoms with E-state index in [1.165, 1.54) is 49.9 Å². The van der Waals surface area contributed by atoms with Crippen LogP contribution in [0.15, 0.2) is 29.3 Å². The summed E-state index contributed by atoms with van der Waals surface area (Å²) in [5.74, 6) is 1.11. The van der Waals surface area contributed by atoms with E-state index < -0.39 is 0 Å². The van der Waals surface area contributed by atoms with Crippen LogP contribution in [0.2, 0.25) is 0 Å². The molecule has 0 aliphatic carbocycles. The van der Waals surface area contributed by atoms with Gasteiger partial charge < -0.3 is 11.1 Å². The zero-order chi connectivity index (χ0) is 16.5. The average Bonchev–Trinajstić information content (AvgIpc) is 2.80. The third-order valence-corrected chi connectivity index (χ3v) is 4.22. The Morgan fingerprint density at radius 2 is 1.83 bits per heavy atom. The number of likely N-dealkylation sites (tertiary alicyclic amines) is 1. The summed E-state index contributed by atoms with van der Waals surface area (Å²) in [6, 6.07) is 8.75. The molecule has 4 nitrogen and oxygen atoms in total. The van der Waals surface area contributed by atoms with Crippen molar-refractivity contribution in [3.05, 3.63) is 35.4 Å². The molecule has 2 rings (SSSR count). The van der Waals surface area contributed by atoms with Crippen molar-refractivity contribution in [2.75, 3.05) is 19.6 Å². The first-order chi connectivity index (χ1) is 11.1. The molecular formula is C19H33IN4. The molecule has 1 aliphatic rings. The SMILES string of the molecule is CC(C)CNC(N)=NCc1cccc(CN2CCCCCC2)c1.I. The van der Waals surface area contributed by atoms with Gasteiger partial charge in [0.15, 0.2) is 5.96 Å². The van der Waals surface area contributed by atoms with Gasteiger partial charge in [0.05, 0.1) is 6.54 Å². The Labute approximate surface area is 164 Å². The molecule has 0 bridgehead atoms. The predicted molar refractivity (Wildman–Crippen MR) is 114 cm³/mol. The first-order valence-corrected chi connectivity index (χ1v) is 8.97. The van der Waals surface area contributed by atoms with E-state index in [9.17, 15) is 0 Å². The molecule has 0 saturated carbocycles. The smallest absolute Gasteiger partial charge is 0.188 e. The van der Waals surface area contributed by atoms with Crippen molar-refractivity contribution in [3.8, 4) is 0 Å². The maximum Gasteiger partial charge on any atom is 0.188 e. The molecule has 1 aromatic rings. The van der Waals surface area contributed by atoms with E-state index in [0.29, 0.717) is 18.4 Å². The lowest BCUT2D eigenvalue weighted by atomic mass is 10.1. The van der Waals surface area contributed by atoms with Crippen molar-refractivity contribution in [1.82, 2.24) is 10.2 Å². The fourth-order valence-electron chi connectivity index (χ4n) is 2.92. The molecule has 0 radical (unpaired) electrons. The van der Waals surface area contributed by atoms with Gasteiger partial charge in [0, 0.05) is 13.1 Å². The number of aliphatic imine (C=N–C) groups is 1. The Kier molecular flexibility index (Phi) is 10.3. The lowest BCUT2D eigenvalue weighted by Crippen LogP contribution is -2.34. The standard InChI is InChI=1S/C19H32N4.HI/c1-16(2)13-21-19(20)22-14-17-8-7-9-18(12-17)15-23-10-5-3-4-6-11-23;/h7-9,12,16H,3-6,10-11,13-15H2,1-2H3,(H3,20,21,22);1H. The van der Waals surface area contributed by atoms with Gasteiger partial charge in [-0.2, -0.15) is 0 Å². The number of guanidine groups is 1. The van der Waals surface area contributed by atoms with Gasteiger partial charge in [-0.3, -0.25) is 4.90 Å². The van der Waals surface area contributed by atoms with E-state index in [4.69, 9.17) is 5.73 Å². The predicted octanol–water partition coefficient (Wildman–Crippen LogP) is 3.74. The van der Waals surface area contributed by atoms with Gasteiger partial charge >= 0.3 is 0 Å². The number of nitrogens with one attached hydrogen (secondary N) is 1. The van der Waals surface area contributed by atoms with E-state index in [1.807, 2.05) is 0 Å². The molecule has 1 fully saturated rings. The first-order valence-electron chi connectivity index (χ1n) is 8.97. The summed E-state index contributed by atoms with van der Waals surface area (Å²) in [6.45, 7) is 9.34. The van der Waals surface area contributed by atoms with Crippen LogP contribution in [0, 0.1) is 5.92 Å². The van der Waals surface area contributed by atoms with Gasteiger partial charge in [0.1, 0.15) is 0 Å². The van der Waals surface area contributed by atoms with E-state index in [2.05, 4.69) is 53.3 Å². The molecule has 1 aromatic carbocycles. The van der Waals surface area contributed by atoms with Gasteiger partial charge in [-0.05, 0) is 43.0 Å². The van der Waals surface area contributed by atoms with E-state index in [0.717, 1.165) is 13.1 Å². The minimum Gasteiger partial charge on any atom is -0.370 e. The van der Waals surface area contributed by atoms with Gasteiger partial charge in [0.25, 0.3) is 0 Å². The van der Waals surface area contributed by atoms with Crippen LogP contribution in [-0.2, 0) is 13.1 Å². The summed E-state index contributed by atoms with van der Waals surface area (Å²) in [5, 5.41) is 3.16. The van der Waals surface area contributed by atoms with E-state index in [-0.39, 0.29) is 24.0 Å². The summed E-state index contributed by atoms with van der Waals surface area (Å²) < 4.78 is 0. The summed E-state index contributed by atoms with van der Waals surface area (Å²) in [6.07, 6.45) is 5.44. The second kappa shape index (κ2) is 11.7. The zero-order valence-corrected chi connectivity index (χ0v) is 17.5. The minimum atomic E-state index is 0. The summed E-state index contributed by atoms with van der Waals surface area (Å²) in [5.41, 5.74) is 8.52. The maximum absolute atomic E-state index is 5.91. The van der Waals surface area contributed by atoms with E-state index in [1.54, 1.807) is 0 Å². The number of rotatable bonds is 6. The van der Waals surface area contributed by atoms with E-state index >= 15 is 0 Å². The fourth-order valence-corrected chi connectivity index (χ4v) is 2.92. The zero-order valence-electron chi connectivity index (χ0n) is 15.1. The molecule has 0 unspecified atom stereocenters. The highest BCUT2D eigenvalue weighted by atomic mass is 127. The number of hydrogen-bond donors (Lipinski definition) is 2. The lowest BCUT2D eigenvalue weighted by molar-refractivity contribution is 0.277. The second-order valence-electron chi connectivity index (χ2n) is 6.99. The number of hydrogen-bond acceptors (Lipinski definition) is 2. The highest BCUT2D eigenvalue weighted by molar-refractivity contribution is 14.0.